The maximum absolute atomic E-state index is 12.1. The average Bonchev–Trinajstić information content (AvgIpc) is 3.19. The lowest BCUT2D eigenvalue weighted by Gasteiger charge is -2.11. The second-order valence-electron chi connectivity index (χ2n) is 4.84. The van der Waals surface area contributed by atoms with Gasteiger partial charge in [0.2, 0.25) is 5.91 Å². The lowest BCUT2D eigenvalue weighted by Crippen LogP contribution is -2.27. The molecule has 0 aliphatic carbocycles. The van der Waals surface area contributed by atoms with E-state index in [4.69, 9.17) is 0 Å². The Kier molecular flexibility index (Phi) is 4.60. The first-order valence-corrected chi connectivity index (χ1v) is 8.67. The van der Waals surface area contributed by atoms with Crippen molar-refractivity contribution in [1.82, 2.24) is 15.3 Å². The molecule has 4 nitrogen and oxygen atoms in total. The van der Waals surface area contributed by atoms with E-state index in [9.17, 15) is 4.79 Å². The minimum Gasteiger partial charge on any atom is -0.348 e. The molecule has 0 aliphatic rings. The molecule has 1 N–H and O–H groups in total. The van der Waals surface area contributed by atoms with Crippen molar-refractivity contribution < 1.29 is 4.79 Å². The van der Waals surface area contributed by atoms with Crippen LogP contribution in [-0.2, 0) is 11.2 Å². The zero-order valence-corrected chi connectivity index (χ0v) is 13.7. The van der Waals surface area contributed by atoms with Crippen molar-refractivity contribution in [3.05, 3.63) is 57.9 Å². The molecule has 3 aromatic heterocycles. The van der Waals surface area contributed by atoms with Crippen LogP contribution >= 0.6 is 22.7 Å². The summed E-state index contributed by atoms with van der Waals surface area (Å²) in [5.41, 5.74) is 1.62. The largest absolute Gasteiger partial charge is 0.348 e. The van der Waals surface area contributed by atoms with Gasteiger partial charge in [0.05, 0.1) is 23.9 Å². The summed E-state index contributed by atoms with van der Waals surface area (Å²) < 4.78 is 0. The first-order valence-electron chi connectivity index (χ1n) is 6.91. The Labute approximate surface area is 136 Å². The van der Waals surface area contributed by atoms with Crippen LogP contribution in [0.25, 0.3) is 10.7 Å². The summed E-state index contributed by atoms with van der Waals surface area (Å²) in [5.74, 6) is -0.0150. The lowest BCUT2D eigenvalue weighted by molar-refractivity contribution is -0.121. The van der Waals surface area contributed by atoms with E-state index in [-0.39, 0.29) is 11.9 Å². The number of rotatable bonds is 5. The van der Waals surface area contributed by atoms with E-state index >= 15 is 0 Å². The Hall–Kier alpha value is -2.05. The van der Waals surface area contributed by atoms with Crippen LogP contribution in [0.1, 0.15) is 23.5 Å². The molecular formula is C16H15N3OS2. The van der Waals surface area contributed by atoms with Crippen molar-refractivity contribution in [3.8, 4) is 10.7 Å². The van der Waals surface area contributed by atoms with Gasteiger partial charge in [-0.1, -0.05) is 12.1 Å². The molecule has 22 heavy (non-hydrogen) atoms. The number of thiazole rings is 1. The third-order valence-electron chi connectivity index (χ3n) is 3.12. The van der Waals surface area contributed by atoms with Crippen LogP contribution in [0, 0.1) is 0 Å². The molecule has 1 amide bonds. The average molecular weight is 329 g/mol. The van der Waals surface area contributed by atoms with E-state index in [1.807, 2.05) is 48.0 Å². The highest BCUT2D eigenvalue weighted by Gasteiger charge is 2.13. The molecule has 0 saturated carbocycles. The van der Waals surface area contributed by atoms with Gasteiger partial charge in [-0.25, -0.2) is 4.98 Å². The molecule has 3 heterocycles. The van der Waals surface area contributed by atoms with Gasteiger partial charge in [0.15, 0.2) is 0 Å². The Bertz CT molecular complexity index is 738. The molecule has 0 aromatic carbocycles. The molecule has 0 spiro atoms. The molecule has 0 radical (unpaired) electrons. The van der Waals surface area contributed by atoms with Crippen LogP contribution in [0.4, 0.5) is 0 Å². The topological polar surface area (TPSA) is 54.9 Å². The van der Waals surface area contributed by atoms with Gasteiger partial charge in [-0.3, -0.25) is 9.78 Å². The van der Waals surface area contributed by atoms with Crippen LogP contribution in [0.15, 0.2) is 47.3 Å². The minimum absolute atomic E-state index is 0.0150. The number of nitrogens with zero attached hydrogens (tertiary/aromatic N) is 2. The van der Waals surface area contributed by atoms with E-state index in [0.29, 0.717) is 6.42 Å². The highest BCUT2D eigenvalue weighted by atomic mass is 32.1. The number of nitrogens with one attached hydrogen (secondary N) is 1. The lowest BCUT2D eigenvalue weighted by atomic mass is 10.2. The van der Waals surface area contributed by atoms with Gasteiger partial charge < -0.3 is 5.32 Å². The molecule has 0 saturated heterocycles. The van der Waals surface area contributed by atoms with Crippen molar-refractivity contribution in [2.24, 2.45) is 0 Å². The van der Waals surface area contributed by atoms with E-state index in [2.05, 4.69) is 15.3 Å². The van der Waals surface area contributed by atoms with Gasteiger partial charge in [0, 0.05) is 16.5 Å². The minimum atomic E-state index is -0.0150. The summed E-state index contributed by atoms with van der Waals surface area (Å²) >= 11 is 3.15. The quantitative estimate of drug-likeness (QED) is 0.777. The zero-order valence-electron chi connectivity index (χ0n) is 12.0. The summed E-state index contributed by atoms with van der Waals surface area (Å²) in [5, 5.41) is 7.77. The molecule has 6 heteroatoms. The van der Waals surface area contributed by atoms with Crippen molar-refractivity contribution in [2.75, 3.05) is 0 Å². The van der Waals surface area contributed by atoms with Gasteiger partial charge >= 0.3 is 0 Å². The summed E-state index contributed by atoms with van der Waals surface area (Å²) in [7, 11) is 0. The highest BCUT2D eigenvalue weighted by molar-refractivity contribution is 7.13. The SMILES string of the molecule is C[C@@H](NC(=O)Cc1csc(-c2ccccn2)n1)c1cccs1. The van der Waals surface area contributed by atoms with Gasteiger partial charge in [-0.05, 0) is 30.5 Å². The van der Waals surface area contributed by atoms with Crippen LogP contribution in [0.3, 0.4) is 0 Å². The third kappa shape index (κ3) is 3.58. The molecular weight excluding hydrogens is 314 g/mol. The Morgan fingerprint density at radius 3 is 2.91 bits per heavy atom. The Balaban J connectivity index is 1.62. The van der Waals surface area contributed by atoms with E-state index in [1.165, 1.54) is 11.3 Å². The fourth-order valence-electron chi connectivity index (χ4n) is 2.06. The predicted octanol–water partition coefficient (Wildman–Crippen LogP) is 3.69. The van der Waals surface area contributed by atoms with Crippen molar-refractivity contribution in [2.45, 2.75) is 19.4 Å². The molecule has 0 aliphatic heterocycles. The number of amides is 1. The fourth-order valence-corrected chi connectivity index (χ4v) is 3.59. The van der Waals surface area contributed by atoms with Crippen LogP contribution in [-0.4, -0.2) is 15.9 Å². The Morgan fingerprint density at radius 1 is 1.27 bits per heavy atom. The summed E-state index contributed by atoms with van der Waals surface area (Å²) in [6.07, 6.45) is 2.03. The monoisotopic (exact) mass is 329 g/mol. The molecule has 0 fully saturated rings. The number of hydrogen-bond acceptors (Lipinski definition) is 5. The second-order valence-corrected chi connectivity index (χ2v) is 6.68. The summed E-state index contributed by atoms with van der Waals surface area (Å²) in [4.78, 5) is 22.0. The summed E-state index contributed by atoms with van der Waals surface area (Å²) in [6.45, 7) is 1.99. The normalized spacial score (nSPS) is 12.0. The van der Waals surface area contributed by atoms with Gasteiger partial charge in [-0.15, -0.1) is 22.7 Å². The summed E-state index contributed by atoms with van der Waals surface area (Å²) in [6, 6.07) is 9.76. The van der Waals surface area contributed by atoms with E-state index < -0.39 is 0 Å². The number of thiophene rings is 1. The van der Waals surface area contributed by atoms with Crippen LogP contribution in [0.5, 0.6) is 0 Å². The molecule has 1 atom stereocenters. The maximum atomic E-state index is 12.1. The predicted molar refractivity (Wildman–Crippen MR) is 89.9 cm³/mol. The van der Waals surface area contributed by atoms with Crippen molar-refractivity contribution >= 4 is 28.6 Å². The second kappa shape index (κ2) is 6.81. The maximum Gasteiger partial charge on any atom is 0.226 e. The van der Waals surface area contributed by atoms with Gasteiger partial charge in [-0.2, -0.15) is 0 Å². The van der Waals surface area contributed by atoms with Gasteiger partial charge in [0.1, 0.15) is 5.01 Å². The Morgan fingerprint density at radius 2 is 2.18 bits per heavy atom. The molecule has 3 aromatic rings. The molecule has 0 unspecified atom stereocenters. The zero-order chi connectivity index (χ0) is 15.4. The van der Waals surface area contributed by atoms with Gasteiger partial charge in [0.25, 0.3) is 0 Å². The van der Waals surface area contributed by atoms with Crippen molar-refractivity contribution in [1.29, 1.82) is 0 Å². The smallest absolute Gasteiger partial charge is 0.226 e. The van der Waals surface area contributed by atoms with E-state index in [0.717, 1.165) is 21.3 Å². The van der Waals surface area contributed by atoms with Crippen molar-refractivity contribution in [3.63, 3.8) is 0 Å². The standard InChI is InChI=1S/C16H15N3OS2/c1-11(14-6-4-8-21-14)18-15(20)9-12-10-22-16(19-12)13-5-2-3-7-17-13/h2-8,10-11H,9H2,1H3,(H,18,20)/t11-/m1/s1. The first-order chi connectivity index (χ1) is 10.7. The van der Waals surface area contributed by atoms with E-state index in [1.54, 1.807) is 17.5 Å². The van der Waals surface area contributed by atoms with Crippen LogP contribution in [0.2, 0.25) is 0 Å². The van der Waals surface area contributed by atoms with Crippen LogP contribution < -0.4 is 5.32 Å². The fraction of sp³-hybridized carbons (Fsp3) is 0.188. The first kappa shape index (κ1) is 14.9. The third-order valence-corrected chi connectivity index (χ3v) is 5.09. The highest BCUT2D eigenvalue weighted by Crippen LogP contribution is 2.22. The number of hydrogen-bond donors (Lipinski definition) is 1. The number of carbonyl (C=O) groups excluding carboxylic acids is 1. The molecule has 0 bridgehead atoms. The molecule has 112 valence electrons. The number of carbonyl (C=O) groups is 1. The number of aromatic nitrogens is 2. The number of pyridine rings is 1. The molecule has 3 rings (SSSR count).